The summed E-state index contributed by atoms with van der Waals surface area (Å²) in [6.07, 6.45) is 1.44. The van der Waals surface area contributed by atoms with E-state index in [4.69, 9.17) is 4.74 Å². The van der Waals surface area contributed by atoms with Gasteiger partial charge in [-0.25, -0.2) is 0 Å². The highest BCUT2D eigenvalue weighted by molar-refractivity contribution is 5.77. The predicted molar refractivity (Wildman–Crippen MR) is 86.8 cm³/mol. The lowest BCUT2D eigenvalue weighted by Crippen LogP contribution is -2.31. The van der Waals surface area contributed by atoms with Gasteiger partial charge in [0.25, 0.3) is 0 Å². The monoisotopic (exact) mass is 292 g/mol. The van der Waals surface area contributed by atoms with E-state index in [9.17, 15) is 9.59 Å². The average molecular weight is 292 g/mol. The van der Waals surface area contributed by atoms with Gasteiger partial charge in [0, 0.05) is 13.1 Å². The minimum absolute atomic E-state index is 0.0671. The zero-order chi connectivity index (χ0) is 16.8. The highest BCUT2D eigenvalue weighted by atomic mass is 16.5. The van der Waals surface area contributed by atoms with Crippen molar-refractivity contribution in [2.24, 2.45) is 0 Å². The summed E-state index contributed by atoms with van der Waals surface area (Å²) in [6.45, 7) is 17.0. The van der Waals surface area contributed by atoms with E-state index in [1.165, 1.54) is 0 Å². The molecule has 2 N–H and O–H groups in total. The maximum Gasteiger partial charge on any atom is 0.246 e. The maximum atomic E-state index is 11.1. The molecule has 5 heteroatoms. The second-order valence-electron chi connectivity index (χ2n) is 3.14. The molecule has 0 radical (unpaired) electrons. The van der Waals surface area contributed by atoms with Crippen LogP contribution in [0.15, 0.2) is 0 Å². The summed E-state index contributed by atoms with van der Waals surface area (Å²) in [5.41, 5.74) is 0. The van der Waals surface area contributed by atoms with E-state index in [2.05, 4.69) is 10.6 Å². The van der Waals surface area contributed by atoms with Crippen LogP contribution in [0.3, 0.4) is 0 Å². The third kappa shape index (κ3) is 36.0. The van der Waals surface area contributed by atoms with Crippen LogP contribution in [0.1, 0.15) is 61.8 Å². The minimum atomic E-state index is -0.121. The first-order chi connectivity index (χ1) is 9.66. The van der Waals surface area contributed by atoms with Gasteiger partial charge in [-0.1, -0.05) is 41.5 Å². The van der Waals surface area contributed by atoms with Crippen LogP contribution < -0.4 is 10.6 Å². The molecule has 0 fully saturated rings. The highest BCUT2D eigenvalue weighted by Gasteiger charge is 2.01. The van der Waals surface area contributed by atoms with Gasteiger partial charge >= 0.3 is 0 Å². The third-order valence-electron chi connectivity index (χ3n) is 1.45. The van der Waals surface area contributed by atoms with Crippen molar-refractivity contribution in [2.75, 3.05) is 19.7 Å². The normalized spacial score (nSPS) is 7.85. The number of ether oxygens (including phenoxy) is 1. The molecule has 5 nitrogen and oxygen atoms in total. The van der Waals surface area contributed by atoms with Gasteiger partial charge in [-0.2, -0.15) is 0 Å². The van der Waals surface area contributed by atoms with Gasteiger partial charge in [0.05, 0.1) is 6.10 Å². The van der Waals surface area contributed by atoms with E-state index in [0.717, 1.165) is 6.42 Å². The van der Waals surface area contributed by atoms with E-state index < -0.39 is 0 Å². The van der Waals surface area contributed by atoms with Gasteiger partial charge in [0.2, 0.25) is 12.3 Å². The summed E-state index contributed by atoms with van der Waals surface area (Å²) in [7, 11) is 0. The molecule has 0 rings (SSSR count). The third-order valence-corrected chi connectivity index (χ3v) is 1.45. The van der Waals surface area contributed by atoms with Crippen LogP contribution in [-0.2, 0) is 14.3 Å². The molecule has 0 saturated heterocycles. The molecule has 0 aromatic carbocycles. The molecule has 2 amide bonds. The topological polar surface area (TPSA) is 67.4 Å². The molecular formula is C15H36N2O3. The molecule has 0 atom stereocenters. The predicted octanol–water partition coefficient (Wildman–Crippen LogP) is 2.74. The van der Waals surface area contributed by atoms with E-state index in [-0.39, 0.29) is 18.6 Å². The highest BCUT2D eigenvalue weighted by Crippen LogP contribution is 1.86. The van der Waals surface area contributed by atoms with Crippen molar-refractivity contribution in [3.63, 3.8) is 0 Å². The second-order valence-corrected chi connectivity index (χ2v) is 3.14. The number of amides is 2. The Kier molecular flexibility index (Phi) is 41.9. The SMILES string of the molecule is CC.CC.CC.CC(C)OCC(=O)NCCCNC=O. The fourth-order valence-electron chi connectivity index (χ4n) is 0.771. The zero-order valence-corrected chi connectivity index (χ0v) is 14.7. The van der Waals surface area contributed by atoms with Crippen molar-refractivity contribution in [2.45, 2.75) is 67.9 Å². The molecule has 0 saturated carbocycles. The Morgan fingerprint density at radius 3 is 1.95 bits per heavy atom. The van der Waals surface area contributed by atoms with E-state index in [1.54, 1.807) is 0 Å². The van der Waals surface area contributed by atoms with Crippen LogP contribution in [0.4, 0.5) is 0 Å². The lowest BCUT2D eigenvalue weighted by Gasteiger charge is -2.07. The summed E-state index contributed by atoms with van der Waals surface area (Å²) >= 11 is 0. The van der Waals surface area contributed by atoms with Crippen LogP contribution in [0.25, 0.3) is 0 Å². The molecule has 0 aliphatic carbocycles. The van der Waals surface area contributed by atoms with Gasteiger partial charge in [-0.05, 0) is 20.3 Å². The number of hydrogen-bond acceptors (Lipinski definition) is 3. The summed E-state index contributed by atoms with van der Waals surface area (Å²) in [6, 6.07) is 0. The Labute approximate surface area is 125 Å². The van der Waals surface area contributed by atoms with Gasteiger partial charge in [-0.15, -0.1) is 0 Å². The van der Waals surface area contributed by atoms with Crippen molar-refractivity contribution >= 4 is 12.3 Å². The van der Waals surface area contributed by atoms with E-state index in [0.29, 0.717) is 19.5 Å². The molecule has 0 bridgehead atoms. The van der Waals surface area contributed by atoms with Crippen molar-refractivity contribution in [3.05, 3.63) is 0 Å². The molecule has 0 heterocycles. The van der Waals surface area contributed by atoms with Crippen molar-refractivity contribution in [1.29, 1.82) is 0 Å². The van der Waals surface area contributed by atoms with Gasteiger partial charge in [0.15, 0.2) is 0 Å². The zero-order valence-electron chi connectivity index (χ0n) is 14.7. The summed E-state index contributed by atoms with van der Waals surface area (Å²) in [5.74, 6) is -0.121. The van der Waals surface area contributed by atoms with E-state index >= 15 is 0 Å². The second kappa shape index (κ2) is 30.7. The van der Waals surface area contributed by atoms with Crippen molar-refractivity contribution < 1.29 is 14.3 Å². The first-order valence-corrected chi connectivity index (χ1v) is 7.72. The fourth-order valence-corrected chi connectivity index (χ4v) is 0.771. The Balaban J connectivity index is -0.000000187. The fraction of sp³-hybridized carbons (Fsp3) is 0.867. The van der Waals surface area contributed by atoms with Gasteiger partial charge in [-0.3, -0.25) is 9.59 Å². The molecule has 0 aliphatic heterocycles. The van der Waals surface area contributed by atoms with Gasteiger partial charge in [0.1, 0.15) is 6.61 Å². The first-order valence-electron chi connectivity index (χ1n) is 7.72. The molecule has 0 unspecified atom stereocenters. The molecule has 0 aromatic heterocycles. The number of hydrogen-bond donors (Lipinski definition) is 2. The molecule has 0 spiro atoms. The summed E-state index contributed by atoms with van der Waals surface area (Å²) in [5, 5.41) is 5.19. The Bertz CT molecular complexity index is 175. The molecule has 124 valence electrons. The number of rotatable bonds is 8. The van der Waals surface area contributed by atoms with Crippen LogP contribution >= 0.6 is 0 Å². The first kappa shape index (κ1) is 27.3. The lowest BCUT2D eigenvalue weighted by atomic mass is 10.4. The average Bonchev–Trinajstić information content (AvgIpc) is 2.51. The largest absolute Gasteiger partial charge is 0.369 e. The van der Waals surface area contributed by atoms with Crippen LogP contribution in [0.5, 0.6) is 0 Å². The van der Waals surface area contributed by atoms with Crippen molar-refractivity contribution in [1.82, 2.24) is 10.6 Å². The van der Waals surface area contributed by atoms with Crippen LogP contribution in [0, 0.1) is 0 Å². The summed E-state index contributed by atoms with van der Waals surface area (Å²) in [4.78, 5) is 20.9. The summed E-state index contributed by atoms with van der Waals surface area (Å²) < 4.78 is 5.10. The molecule has 0 aliphatic rings. The quantitative estimate of drug-likeness (QED) is 0.534. The molecule has 0 aromatic rings. The van der Waals surface area contributed by atoms with Crippen LogP contribution in [-0.4, -0.2) is 38.1 Å². The van der Waals surface area contributed by atoms with Gasteiger partial charge < -0.3 is 15.4 Å². The standard InChI is InChI=1S/C9H18N2O3.3C2H6/c1-8(2)14-6-9(13)11-5-3-4-10-7-12;3*1-2/h7-8H,3-6H2,1-2H3,(H,10,12)(H,11,13);3*1-2H3. The van der Waals surface area contributed by atoms with Crippen LogP contribution in [0.2, 0.25) is 0 Å². The number of nitrogens with one attached hydrogen (secondary N) is 2. The smallest absolute Gasteiger partial charge is 0.246 e. The molecule has 20 heavy (non-hydrogen) atoms. The van der Waals surface area contributed by atoms with E-state index in [1.807, 2.05) is 55.4 Å². The number of carbonyl (C=O) groups excluding carboxylic acids is 2. The lowest BCUT2D eigenvalue weighted by molar-refractivity contribution is -0.127. The Hall–Kier alpha value is -1.10. The molecular weight excluding hydrogens is 256 g/mol. The maximum absolute atomic E-state index is 11.1. The Morgan fingerprint density at radius 1 is 1.05 bits per heavy atom. The minimum Gasteiger partial charge on any atom is -0.369 e. The number of carbonyl (C=O) groups is 2. The van der Waals surface area contributed by atoms with Crippen molar-refractivity contribution in [3.8, 4) is 0 Å². The Morgan fingerprint density at radius 2 is 1.55 bits per heavy atom.